The Morgan fingerprint density at radius 3 is 2.90 bits per heavy atom. The summed E-state index contributed by atoms with van der Waals surface area (Å²) < 4.78 is 11.2. The summed E-state index contributed by atoms with van der Waals surface area (Å²) in [6.07, 6.45) is 2.52. The van der Waals surface area contributed by atoms with Crippen molar-refractivity contribution in [2.24, 2.45) is 0 Å². The van der Waals surface area contributed by atoms with Crippen LogP contribution in [-0.2, 0) is 14.3 Å². The number of methoxy groups -OCH3 is 1. The van der Waals surface area contributed by atoms with Crippen molar-refractivity contribution >= 4 is 45.2 Å². The Labute approximate surface area is 175 Å². The summed E-state index contributed by atoms with van der Waals surface area (Å²) in [5, 5.41) is 2.95. The van der Waals surface area contributed by atoms with Gasteiger partial charge in [-0.3, -0.25) is 9.59 Å². The summed E-state index contributed by atoms with van der Waals surface area (Å²) in [4.78, 5) is 42.4. The molecule has 29 heavy (non-hydrogen) atoms. The second-order valence-corrected chi connectivity index (χ2v) is 8.86. The van der Waals surface area contributed by atoms with Gasteiger partial charge in [-0.25, -0.2) is 14.5 Å². The number of nitrogen functional groups attached to an aromatic ring is 1. The molecule has 9 nitrogen and oxygen atoms in total. The van der Waals surface area contributed by atoms with Crippen molar-refractivity contribution in [3.05, 3.63) is 20.8 Å². The van der Waals surface area contributed by atoms with E-state index in [1.165, 1.54) is 7.11 Å². The monoisotopic (exact) mass is 440 g/mol. The minimum absolute atomic E-state index is 0.0504. The third-order valence-electron chi connectivity index (χ3n) is 4.77. The van der Waals surface area contributed by atoms with Gasteiger partial charge in [-0.15, -0.1) is 11.3 Å². The molecule has 0 aliphatic carbocycles. The number of nitrogens with one attached hydrogen (secondary N) is 1. The highest BCUT2D eigenvalue weighted by molar-refractivity contribution is 8.00. The number of carbonyl (C=O) groups excluding carboxylic acids is 2. The maximum absolute atomic E-state index is 12.8. The number of amides is 1. The molecule has 11 heteroatoms. The lowest BCUT2D eigenvalue weighted by Crippen LogP contribution is -2.38. The zero-order valence-electron chi connectivity index (χ0n) is 16.5. The lowest BCUT2D eigenvalue weighted by atomic mass is 10.2. The van der Waals surface area contributed by atoms with E-state index in [-0.39, 0.29) is 22.6 Å². The Bertz CT molecular complexity index is 981. The molecule has 3 N–H and O–H groups in total. The smallest absolute Gasteiger partial charge is 0.348 e. The number of nitrogens with two attached hydrogens (primary N) is 1. The number of thiophene rings is 1. The molecule has 158 valence electrons. The standard InChI is InChI=1S/C18H24N4O5S2/c1-4-11(14(23)20-8-10-6-5-7-27-10)28-18-21-15-12(16(24)22(18)19)9(2)13(29-15)17(25)26-3/h10-11H,4-8,19H2,1-3H3,(H,20,23). The number of carbonyl (C=O) groups is 2. The van der Waals surface area contributed by atoms with Crippen molar-refractivity contribution in [3.8, 4) is 0 Å². The Kier molecular flexibility index (Phi) is 6.81. The van der Waals surface area contributed by atoms with Crippen LogP contribution in [0.25, 0.3) is 10.2 Å². The van der Waals surface area contributed by atoms with Gasteiger partial charge in [0.1, 0.15) is 9.71 Å². The quantitative estimate of drug-likeness (QED) is 0.287. The van der Waals surface area contributed by atoms with Gasteiger partial charge >= 0.3 is 5.97 Å². The topological polar surface area (TPSA) is 126 Å². The molecule has 1 aliphatic rings. The molecular formula is C18H24N4O5S2. The van der Waals surface area contributed by atoms with E-state index in [9.17, 15) is 14.4 Å². The maximum atomic E-state index is 12.8. The van der Waals surface area contributed by atoms with Crippen LogP contribution in [0, 0.1) is 6.92 Å². The molecule has 2 aromatic rings. The fourth-order valence-electron chi connectivity index (χ4n) is 3.13. The van der Waals surface area contributed by atoms with Crippen molar-refractivity contribution in [2.45, 2.75) is 49.6 Å². The summed E-state index contributed by atoms with van der Waals surface area (Å²) in [5.41, 5.74) is 0.0301. The first-order valence-electron chi connectivity index (χ1n) is 9.32. The number of hydrogen-bond donors (Lipinski definition) is 2. The van der Waals surface area contributed by atoms with Gasteiger partial charge in [-0.05, 0) is 31.7 Å². The highest BCUT2D eigenvalue weighted by Gasteiger charge is 2.25. The average Bonchev–Trinajstić information content (AvgIpc) is 3.35. The number of hydrogen-bond acceptors (Lipinski definition) is 9. The van der Waals surface area contributed by atoms with E-state index in [2.05, 4.69) is 10.3 Å². The average molecular weight is 441 g/mol. The van der Waals surface area contributed by atoms with Crippen LogP contribution in [-0.4, -0.2) is 53.2 Å². The van der Waals surface area contributed by atoms with Crippen molar-refractivity contribution in [1.29, 1.82) is 0 Å². The fraction of sp³-hybridized carbons (Fsp3) is 0.556. The highest BCUT2D eigenvalue weighted by Crippen LogP contribution is 2.30. The van der Waals surface area contributed by atoms with Crippen molar-refractivity contribution < 1.29 is 19.1 Å². The molecule has 0 saturated carbocycles. The highest BCUT2D eigenvalue weighted by atomic mass is 32.2. The molecule has 1 fully saturated rings. The molecule has 2 unspecified atom stereocenters. The predicted octanol–water partition coefficient (Wildman–Crippen LogP) is 1.43. The van der Waals surface area contributed by atoms with Crippen LogP contribution in [0.1, 0.15) is 41.4 Å². The first-order chi connectivity index (χ1) is 13.9. The first-order valence-corrected chi connectivity index (χ1v) is 11.0. The van der Waals surface area contributed by atoms with Gasteiger partial charge in [-0.1, -0.05) is 18.7 Å². The number of nitrogens with zero attached hydrogens (tertiary/aromatic N) is 2. The Hall–Kier alpha value is -2.11. The van der Waals surface area contributed by atoms with Crippen LogP contribution in [0.2, 0.25) is 0 Å². The summed E-state index contributed by atoms with van der Waals surface area (Å²) >= 11 is 2.21. The second kappa shape index (κ2) is 9.14. The van der Waals surface area contributed by atoms with Gasteiger partial charge in [0.15, 0.2) is 5.16 Å². The van der Waals surface area contributed by atoms with Crippen molar-refractivity contribution in [2.75, 3.05) is 26.1 Å². The molecule has 0 bridgehead atoms. The summed E-state index contributed by atoms with van der Waals surface area (Å²) in [7, 11) is 1.28. The molecule has 0 radical (unpaired) electrons. The van der Waals surface area contributed by atoms with Crippen LogP contribution in [0.15, 0.2) is 9.95 Å². The molecule has 3 rings (SSSR count). The SMILES string of the molecule is CCC(Sc1nc2sc(C(=O)OC)c(C)c2c(=O)n1N)C(=O)NCC1CCCO1. The van der Waals surface area contributed by atoms with Crippen LogP contribution >= 0.6 is 23.1 Å². The van der Waals surface area contributed by atoms with Gasteiger partial charge in [0, 0.05) is 13.2 Å². The molecule has 1 amide bonds. The van der Waals surface area contributed by atoms with Crippen LogP contribution in [0.4, 0.5) is 0 Å². The normalized spacial score (nSPS) is 17.4. The largest absolute Gasteiger partial charge is 0.465 e. The molecule has 0 spiro atoms. The van der Waals surface area contributed by atoms with Gasteiger partial charge in [-0.2, -0.15) is 0 Å². The van der Waals surface area contributed by atoms with Crippen molar-refractivity contribution in [1.82, 2.24) is 15.0 Å². The number of fused-ring (bicyclic) bond motifs is 1. The van der Waals surface area contributed by atoms with Crippen molar-refractivity contribution in [3.63, 3.8) is 0 Å². The molecular weight excluding hydrogens is 416 g/mol. The fourth-order valence-corrected chi connectivity index (χ4v) is 5.23. The molecule has 1 saturated heterocycles. The summed E-state index contributed by atoms with van der Waals surface area (Å²) in [6.45, 7) is 4.73. The van der Waals surface area contributed by atoms with Gasteiger partial charge in [0.2, 0.25) is 5.91 Å². The van der Waals surface area contributed by atoms with E-state index in [0.29, 0.717) is 28.2 Å². The third-order valence-corrected chi connectivity index (χ3v) is 7.27. The summed E-state index contributed by atoms with van der Waals surface area (Å²) in [5.74, 6) is 5.29. The second-order valence-electron chi connectivity index (χ2n) is 6.69. The molecule has 3 heterocycles. The summed E-state index contributed by atoms with van der Waals surface area (Å²) in [6, 6.07) is 0. The molecule has 2 atom stereocenters. The zero-order valence-corrected chi connectivity index (χ0v) is 18.2. The van der Waals surface area contributed by atoms with E-state index < -0.39 is 16.8 Å². The van der Waals surface area contributed by atoms with E-state index in [1.54, 1.807) is 6.92 Å². The minimum atomic E-state index is -0.525. The Balaban J connectivity index is 1.84. The number of aryl methyl sites for hydroxylation is 1. The Morgan fingerprint density at radius 2 is 2.28 bits per heavy atom. The third kappa shape index (κ3) is 4.41. The number of rotatable bonds is 7. The Morgan fingerprint density at radius 1 is 1.52 bits per heavy atom. The molecule has 2 aromatic heterocycles. The van der Waals surface area contributed by atoms with Gasteiger partial charge in [0.05, 0.1) is 23.8 Å². The minimum Gasteiger partial charge on any atom is -0.465 e. The van der Waals surface area contributed by atoms with Gasteiger partial charge in [0.25, 0.3) is 5.56 Å². The molecule has 1 aliphatic heterocycles. The lowest BCUT2D eigenvalue weighted by molar-refractivity contribution is -0.121. The lowest BCUT2D eigenvalue weighted by Gasteiger charge is -2.17. The maximum Gasteiger partial charge on any atom is 0.348 e. The van der Waals surface area contributed by atoms with Gasteiger partial charge < -0.3 is 20.6 Å². The number of aromatic nitrogens is 2. The van der Waals surface area contributed by atoms with E-state index in [4.69, 9.17) is 15.3 Å². The van der Waals surface area contributed by atoms with Crippen LogP contribution in [0.3, 0.4) is 0 Å². The first kappa shape index (κ1) is 21.6. The molecule has 0 aromatic carbocycles. The van der Waals surface area contributed by atoms with E-state index >= 15 is 0 Å². The number of thioether (sulfide) groups is 1. The van der Waals surface area contributed by atoms with Crippen LogP contribution < -0.4 is 16.7 Å². The number of ether oxygens (including phenoxy) is 2. The van der Waals surface area contributed by atoms with Crippen LogP contribution in [0.5, 0.6) is 0 Å². The number of esters is 1. The zero-order chi connectivity index (χ0) is 21.1. The van der Waals surface area contributed by atoms with E-state index in [0.717, 1.165) is 47.2 Å². The van der Waals surface area contributed by atoms with E-state index in [1.807, 2.05) is 6.92 Å². The predicted molar refractivity (Wildman–Crippen MR) is 112 cm³/mol.